The van der Waals surface area contributed by atoms with E-state index in [4.69, 9.17) is 35.1 Å². The Kier molecular flexibility index (Phi) is 5.33. The van der Waals surface area contributed by atoms with Gasteiger partial charge in [0, 0.05) is 16.0 Å². The molecule has 0 spiro atoms. The van der Waals surface area contributed by atoms with Crippen molar-refractivity contribution >= 4 is 24.2 Å². The third-order valence-corrected chi connectivity index (χ3v) is 6.04. The van der Waals surface area contributed by atoms with Crippen LogP contribution in [0.15, 0.2) is 24.4 Å². The van der Waals surface area contributed by atoms with Crippen LogP contribution in [0, 0.1) is 0 Å². The number of aromatic nitrogens is 2. The number of methoxy groups -OCH3 is 1. The van der Waals surface area contributed by atoms with E-state index in [1.807, 2.05) is 45.9 Å². The normalized spacial score (nSPS) is 21.0. The summed E-state index contributed by atoms with van der Waals surface area (Å²) in [5.41, 5.74) is 1.63. The van der Waals surface area contributed by atoms with Gasteiger partial charge in [0.05, 0.1) is 43.4 Å². The van der Waals surface area contributed by atoms with Crippen molar-refractivity contribution in [2.45, 2.75) is 45.2 Å². The fraction of sp³-hybridized carbons (Fsp3) is 0.500. The van der Waals surface area contributed by atoms with Crippen LogP contribution >= 0.6 is 11.6 Å². The van der Waals surface area contributed by atoms with Crippen LogP contribution in [0.4, 0.5) is 0 Å². The Bertz CT molecular complexity index is 902. The van der Waals surface area contributed by atoms with Crippen LogP contribution in [0.3, 0.4) is 0 Å². The maximum Gasteiger partial charge on any atom is 0.496 e. The van der Waals surface area contributed by atoms with Crippen molar-refractivity contribution in [1.82, 2.24) is 9.97 Å². The largest absolute Gasteiger partial charge is 0.496 e. The molecule has 0 unspecified atom stereocenters. The molecule has 29 heavy (non-hydrogen) atoms. The van der Waals surface area contributed by atoms with Gasteiger partial charge in [0.2, 0.25) is 12.2 Å². The highest BCUT2D eigenvalue weighted by Crippen LogP contribution is 2.38. The smallest absolute Gasteiger partial charge is 0.480 e. The molecule has 2 saturated heterocycles. The van der Waals surface area contributed by atoms with Crippen LogP contribution in [0.25, 0.3) is 11.3 Å². The molecule has 2 aliphatic rings. The van der Waals surface area contributed by atoms with Gasteiger partial charge in [-0.25, -0.2) is 9.97 Å². The first-order valence-corrected chi connectivity index (χ1v) is 9.90. The number of halogens is 1. The minimum absolute atomic E-state index is 0.339. The Labute approximate surface area is 175 Å². The molecule has 0 N–H and O–H groups in total. The maximum atomic E-state index is 6.75. The van der Waals surface area contributed by atoms with Crippen LogP contribution in [0.5, 0.6) is 5.88 Å². The molecule has 1 aromatic carbocycles. The Morgan fingerprint density at radius 1 is 1.10 bits per heavy atom. The second-order valence-corrected chi connectivity index (χ2v) is 8.40. The van der Waals surface area contributed by atoms with Gasteiger partial charge in [-0.3, -0.25) is 0 Å². The van der Waals surface area contributed by atoms with Gasteiger partial charge in [0.1, 0.15) is 0 Å². The molecular formula is C20H24BClN2O5. The number of ether oxygens (including phenoxy) is 3. The first-order valence-electron chi connectivity index (χ1n) is 9.52. The zero-order chi connectivity index (χ0) is 20.8. The summed E-state index contributed by atoms with van der Waals surface area (Å²) in [6.45, 7) is 9.05. The summed E-state index contributed by atoms with van der Waals surface area (Å²) >= 11 is 6.75. The van der Waals surface area contributed by atoms with Crippen molar-refractivity contribution in [1.29, 1.82) is 0 Å². The molecule has 2 fully saturated rings. The number of rotatable bonds is 4. The summed E-state index contributed by atoms with van der Waals surface area (Å²) in [7, 11) is 0.969. The lowest BCUT2D eigenvalue weighted by Crippen LogP contribution is -2.41. The Morgan fingerprint density at radius 3 is 2.38 bits per heavy atom. The Morgan fingerprint density at radius 2 is 1.76 bits per heavy atom. The highest BCUT2D eigenvalue weighted by Gasteiger charge is 2.52. The lowest BCUT2D eigenvalue weighted by molar-refractivity contribution is -0.0491. The SMILES string of the molecule is COc1nc(-c2cccc(B3OC(C)(C)C(C)(C)O3)c2Cl)cnc1C1OCCO1. The molecule has 0 atom stereocenters. The van der Waals surface area contributed by atoms with E-state index in [-0.39, 0.29) is 0 Å². The Hall–Kier alpha value is -1.71. The summed E-state index contributed by atoms with van der Waals surface area (Å²) in [5.74, 6) is 0.339. The number of nitrogens with zero attached hydrogens (tertiary/aromatic N) is 2. The van der Waals surface area contributed by atoms with E-state index < -0.39 is 24.6 Å². The number of benzene rings is 1. The molecule has 2 aliphatic heterocycles. The van der Waals surface area contributed by atoms with Gasteiger partial charge >= 0.3 is 7.12 Å². The van der Waals surface area contributed by atoms with Gasteiger partial charge in [-0.05, 0) is 27.7 Å². The fourth-order valence-electron chi connectivity index (χ4n) is 3.24. The van der Waals surface area contributed by atoms with Crippen LogP contribution in [0.2, 0.25) is 5.02 Å². The van der Waals surface area contributed by atoms with Crippen LogP contribution < -0.4 is 10.2 Å². The van der Waals surface area contributed by atoms with E-state index in [1.54, 1.807) is 6.20 Å². The quantitative estimate of drug-likeness (QED) is 0.706. The summed E-state index contributed by atoms with van der Waals surface area (Å²) < 4.78 is 28.7. The van der Waals surface area contributed by atoms with Crippen LogP contribution in [0.1, 0.15) is 39.7 Å². The second kappa shape index (κ2) is 7.52. The van der Waals surface area contributed by atoms with E-state index in [0.29, 0.717) is 41.1 Å². The van der Waals surface area contributed by atoms with Gasteiger partial charge in [0.15, 0.2) is 5.69 Å². The lowest BCUT2D eigenvalue weighted by atomic mass is 9.78. The molecule has 1 aromatic heterocycles. The average Bonchev–Trinajstić information content (AvgIpc) is 3.27. The molecule has 0 aliphatic carbocycles. The summed E-state index contributed by atoms with van der Waals surface area (Å²) in [6, 6.07) is 5.67. The summed E-state index contributed by atoms with van der Waals surface area (Å²) in [5, 5.41) is 0.503. The van der Waals surface area contributed by atoms with Crippen LogP contribution in [-0.4, -0.2) is 48.6 Å². The predicted molar refractivity (Wildman–Crippen MR) is 109 cm³/mol. The summed E-state index contributed by atoms with van der Waals surface area (Å²) in [4.78, 5) is 9.04. The van der Waals surface area contributed by atoms with Crippen molar-refractivity contribution in [3.05, 3.63) is 35.1 Å². The Balaban J connectivity index is 1.69. The van der Waals surface area contributed by atoms with Crippen molar-refractivity contribution in [3.8, 4) is 17.1 Å². The standard InChI is InChI=1S/C20H24BClN2O5/c1-19(2)20(3,4)29-21(28-19)13-8-6-7-12(15(13)22)14-11-23-16(17(24-14)25-5)18-26-9-10-27-18/h6-8,11,18H,9-10H2,1-5H3. The molecule has 2 aromatic rings. The monoisotopic (exact) mass is 418 g/mol. The summed E-state index contributed by atoms with van der Waals surface area (Å²) in [6.07, 6.45) is 1.07. The highest BCUT2D eigenvalue weighted by atomic mass is 35.5. The molecule has 0 amide bonds. The molecule has 4 rings (SSSR count). The molecule has 154 valence electrons. The molecule has 0 bridgehead atoms. The van der Waals surface area contributed by atoms with Gasteiger partial charge < -0.3 is 23.5 Å². The second-order valence-electron chi connectivity index (χ2n) is 8.02. The van der Waals surface area contributed by atoms with E-state index in [1.165, 1.54) is 7.11 Å². The lowest BCUT2D eigenvalue weighted by Gasteiger charge is -2.32. The zero-order valence-electron chi connectivity index (χ0n) is 17.2. The van der Waals surface area contributed by atoms with Gasteiger partial charge in [-0.15, -0.1) is 0 Å². The fourth-order valence-corrected chi connectivity index (χ4v) is 3.55. The number of hydrogen-bond donors (Lipinski definition) is 0. The van der Waals surface area contributed by atoms with E-state index in [2.05, 4.69) is 9.97 Å². The molecule has 7 nitrogen and oxygen atoms in total. The zero-order valence-corrected chi connectivity index (χ0v) is 17.9. The number of hydrogen-bond acceptors (Lipinski definition) is 7. The third kappa shape index (κ3) is 3.64. The van der Waals surface area contributed by atoms with Crippen LogP contribution in [-0.2, 0) is 18.8 Å². The third-order valence-electron chi connectivity index (χ3n) is 5.62. The van der Waals surface area contributed by atoms with E-state index >= 15 is 0 Å². The molecule has 0 saturated carbocycles. The van der Waals surface area contributed by atoms with E-state index in [0.717, 1.165) is 5.46 Å². The maximum absolute atomic E-state index is 6.75. The van der Waals surface area contributed by atoms with Crippen molar-refractivity contribution < 1.29 is 23.5 Å². The highest BCUT2D eigenvalue weighted by molar-refractivity contribution is 6.66. The molecule has 3 heterocycles. The predicted octanol–water partition coefficient (Wildman–Crippen LogP) is 3.15. The minimum atomic E-state index is -0.571. The average molecular weight is 419 g/mol. The van der Waals surface area contributed by atoms with Crippen molar-refractivity contribution in [3.63, 3.8) is 0 Å². The van der Waals surface area contributed by atoms with Crippen molar-refractivity contribution in [2.24, 2.45) is 0 Å². The molecule has 0 radical (unpaired) electrons. The topological polar surface area (TPSA) is 71.9 Å². The first kappa shape index (κ1) is 20.6. The van der Waals surface area contributed by atoms with Crippen molar-refractivity contribution in [2.75, 3.05) is 20.3 Å². The van der Waals surface area contributed by atoms with Gasteiger partial charge in [-0.2, -0.15) is 0 Å². The molecule has 9 heteroatoms. The van der Waals surface area contributed by atoms with Gasteiger partial charge in [-0.1, -0.05) is 29.8 Å². The van der Waals surface area contributed by atoms with E-state index in [9.17, 15) is 0 Å². The van der Waals surface area contributed by atoms with Gasteiger partial charge in [0.25, 0.3) is 0 Å². The first-order chi connectivity index (χ1) is 13.7. The molecular weight excluding hydrogens is 394 g/mol. The minimum Gasteiger partial charge on any atom is -0.480 e.